The smallest absolute Gasteiger partial charge is 0.315 e. The second kappa shape index (κ2) is 6.70. The molecule has 0 aliphatic carbocycles. The van der Waals surface area contributed by atoms with Gasteiger partial charge in [0.15, 0.2) is 0 Å². The molecule has 2 heterocycles. The van der Waals surface area contributed by atoms with Crippen molar-refractivity contribution >= 4 is 17.9 Å². The number of hydrogen-bond acceptors (Lipinski definition) is 6. The normalized spacial score (nSPS) is 35.5. The summed E-state index contributed by atoms with van der Waals surface area (Å²) in [7, 11) is 0. The van der Waals surface area contributed by atoms with Gasteiger partial charge in [-0.25, -0.2) is 0 Å². The van der Waals surface area contributed by atoms with Gasteiger partial charge in [0, 0.05) is 0 Å². The van der Waals surface area contributed by atoms with Crippen LogP contribution in [0.25, 0.3) is 0 Å². The van der Waals surface area contributed by atoms with E-state index in [2.05, 4.69) is 0 Å². The molecule has 7 heteroatoms. The van der Waals surface area contributed by atoms with E-state index in [1.807, 2.05) is 6.92 Å². The first-order chi connectivity index (χ1) is 11.2. The fourth-order valence-electron chi connectivity index (χ4n) is 3.59. The Bertz CT molecular complexity index is 531. The van der Waals surface area contributed by atoms with Crippen molar-refractivity contribution in [3.05, 3.63) is 0 Å². The number of carboxylic acids is 1. The molecule has 24 heavy (non-hydrogen) atoms. The van der Waals surface area contributed by atoms with E-state index >= 15 is 0 Å². The van der Waals surface area contributed by atoms with Gasteiger partial charge in [0.1, 0.15) is 24.0 Å². The Kier molecular flexibility index (Phi) is 5.22. The van der Waals surface area contributed by atoms with Crippen LogP contribution in [0.4, 0.5) is 0 Å². The van der Waals surface area contributed by atoms with Gasteiger partial charge in [-0.15, -0.1) is 0 Å². The molecule has 2 rings (SSSR count). The Hall–Kier alpha value is -1.63. The standard InChI is InChI=1S/C17H26O7/c1-5-10(2)13(18)22-8-9-23-15(21)17(4)12-7-6-11(24-12)16(17,3)14(19)20/h10-12H,5-9H2,1-4H3,(H,19,20). The third-order valence-corrected chi connectivity index (χ3v) is 5.83. The van der Waals surface area contributed by atoms with E-state index in [0.29, 0.717) is 19.3 Å². The quantitative estimate of drug-likeness (QED) is 0.556. The average molecular weight is 342 g/mol. The minimum Gasteiger partial charge on any atom is -0.481 e. The van der Waals surface area contributed by atoms with Crippen molar-refractivity contribution in [3.63, 3.8) is 0 Å². The molecule has 5 atom stereocenters. The van der Waals surface area contributed by atoms with Crippen molar-refractivity contribution < 1.29 is 33.7 Å². The van der Waals surface area contributed by atoms with Crippen molar-refractivity contribution in [1.29, 1.82) is 0 Å². The maximum absolute atomic E-state index is 12.6. The number of ether oxygens (including phenoxy) is 3. The van der Waals surface area contributed by atoms with Gasteiger partial charge in [-0.2, -0.15) is 0 Å². The summed E-state index contributed by atoms with van der Waals surface area (Å²) in [4.78, 5) is 36.0. The van der Waals surface area contributed by atoms with Crippen LogP contribution in [0.1, 0.15) is 47.0 Å². The van der Waals surface area contributed by atoms with E-state index in [1.165, 1.54) is 0 Å². The molecule has 2 fully saturated rings. The summed E-state index contributed by atoms with van der Waals surface area (Å²) in [6.07, 6.45) is 0.999. The lowest BCUT2D eigenvalue weighted by Crippen LogP contribution is -2.56. The number of carbonyl (C=O) groups excluding carboxylic acids is 2. The van der Waals surface area contributed by atoms with E-state index in [9.17, 15) is 19.5 Å². The predicted octanol–water partition coefficient (Wildman–Crippen LogP) is 1.78. The first kappa shape index (κ1) is 18.7. The van der Waals surface area contributed by atoms with Crippen molar-refractivity contribution in [2.75, 3.05) is 13.2 Å². The van der Waals surface area contributed by atoms with Crippen LogP contribution in [0, 0.1) is 16.7 Å². The minimum absolute atomic E-state index is 0.0380. The van der Waals surface area contributed by atoms with Crippen molar-refractivity contribution in [2.45, 2.75) is 59.2 Å². The van der Waals surface area contributed by atoms with Gasteiger partial charge in [-0.1, -0.05) is 13.8 Å². The van der Waals surface area contributed by atoms with E-state index in [1.54, 1.807) is 20.8 Å². The molecule has 0 aromatic rings. The molecule has 7 nitrogen and oxygen atoms in total. The molecule has 2 bridgehead atoms. The molecule has 0 radical (unpaired) electrons. The third-order valence-electron chi connectivity index (χ3n) is 5.83. The molecule has 0 saturated carbocycles. The zero-order valence-electron chi connectivity index (χ0n) is 14.7. The molecule has 2 aliphatic heterocycles. The van der Waals surface area contributed by atoms with Gasteiger partial charge >= 0.3 is 17.9 Å². The highest BCUT2D eigenvalue weighted by molar-refractivity contribution is 5.89. The fourth-order valence-corrected chi connectivity index (χ4v) is 3.59. The first-order valence-electron chi connectivity index (χ1n) is 8.42. The summed E-state index contributed by atoms with van der Waals surface area (Å²) in [6, 6.07) is 0. The summed E-state index contributed by atoms with van der Waals surface area (Å²) >= 11 is 0. The van der Waals surface area contributed by atoms with E-state index in [0.717, 1.165) is 0 Å². The van der Waals surface area contributed by atoms with Crippen LogP contribution in [0.15, 0.2) is 0 Å². The number of carboxylic acid groups (broad SMARTS) is 1. The Morgan fingerprint density at radius 2 is 1.67 bits per heavy atom. The highest BCUT2D eigenvalue weighted by Crippen LogP contribution is 2.60. The lowest BCUT2D eigenvalue weighted by atomic mass is 9.57. The highest BCUT2D eigenvalue weighted by Gasteiger charge is 2.72. The van der Waals surface area contributed by atoms with Crippen molar-refractivity contribution in [2.24, 2.45) is 16.7 Å². The molecule has 0 spiro atoms. The maximum atomic E-state index is 12.6. The molecule has 0 amide bonds. The molecule has 2 saturated heterocycles. The van der Waals surface area contributed by atoms with Gasteiger partial charge in [-0.3, -0.25) is 14.4 Å². The number of fused-ring (bicyclic) bond motifs is 2. The molecule has 5 unspecified atom stereocenters. The van der Waals surface area contributed by atoms with Gasteiger partial charge in [0.2, 0.25) is 0 Å². The zero-order valence-corrected chi connectivity index (χ0v) is 14.7. The largest absolute Gasteiger partial charge is 0.481 e. The van der Waals surface area contributed by atoms with Crippen LogP contribution in [0.2, 0.25) is 0 Å². The molecule has 1 N–H and O–H groups in total. The van der Waals surface area contributed by atoms with Crippen molar-refractivity contribution in [3.8, 4) is 0 Å². The predicted molar refractivity (Wildman–Crippen MR) is 83.1 cm³/mol. The molecular weight excluding hydrogens is 316 g/mol. The summed E-state index contributed by atoms with van der Waals surface area (Å²) in [6.45, 7) is 6.66. The Labute approximate surface area is 141 Å². The number of hydrogen-bond donors (Lipinski definition) is 1. The number of esters is 2. The fraction of sp³-hybridized carbons (Fsp3) is 0.824. The second-order valence-corrected chi connectivity index (χ2v) is 7.01. The van der Waals surface area contributed by atoms with Gasteiger partial charge in [0.25, 0.3) is 0 Å². The lowest BCUT2D eigenvalue weighted by Gasteiger charge is -2.41. The molecular formula is C17H26O7. The first-order valence-corrected chi connectivity index (χ1v) is 8.42. The van der Waals surface area contributed by atoms with Gasteiger partial charge in [0.05, 0.1) is 18.1 Å². The Balaban J connectivity index is 1.96. The van der Waals surface area contributed by atoms with E-state index in [-0.39, 0.29) is 25.1 Å². The summed E-state index contributed by atoms with van der Waals surface area (Å²) < 4.78 is 16.0. The van der Waals surface area contributed by atoms with E-state index < -0.39 is 35.0 Å². The third kappa shape index (κ3) is 2.68. The SMILES string of the molecule is CCC(C)C(=O)OCCOC(=O)C1(C)C2CCC(O2)C1(C)C(=O)O. The van der Waals surface area contributed by atoms with Crippen LogP contribution in [0.3, 0.4) is 0 Å². The zero-order chi connectivity index (χ0) is 18.1. The average Bonchev–Trinajstić information content (AvgIpc) is 3.12. The molecule has 136 valence electrons. The number of carbonyl (C=O) groups is 3. The summed E-state index contributed by atoms with van der Waals surface area (Å²) in [5, 5.41) is 9.65. The van der Waals surface area contributed by atoms with Gasteiger partial charge < -0.3 is 19.3 Å². The Morgan fingerprint density at radius 1 is 1.12 bits per heavy atom. The van der Waals surface area contributed by atoms with Crippen LogP contribution in [-0.4, -0.2) is 48.4 Å². The van der Waals surface area contributed by atoms with Crippen LogP contribution < -0.4 is 0 Å². The highest BCUT2D eigenvalue weighted by atomic mass is 16.6. The topological polar surface area (TPSA) is 99.1 Å². The number of rotatable bonds is 7. The van der Waals surface area contributed by atoms with Crippen LogP contribution in [0.5, 0.6) is 0 Å². The van der Waals surface area contributed by atoms with Crippen molar-refractivity contribution in [1.82, 2.24) is 0 Å². The maximum Gasteiger partial charge on any atom is 0.315 e. The van der Waals surface area contributed by atoms with Crippen LogP contribution >= 0.6 is 0 Å². The molecule has 0 aromatic carbocycles. The van der Waals surface area contributed by atoms with E-state index in [4.69, 9.17) is 14.2 Å². The minimum atomic E-state index is -1.32. The monoisotopic (exact) mass is 342 g/mol. The summed E-state index contributed by atoms with van der Waals surface area (Å²) in [5.41, 5.74) is -2.57. The lowest BCUT2D eigenvalue weighted by molar-refractivity contribution is -0.177. The Morgan fingerprint density at radius 3 is 2.21 bits per heavy atom. The second-order valence-electron chi connectivity index (χ2n) is 7.01. The molecule has 2 aliphatic rings. The summed E-state index contributed by atoms with van der Waals surface area (Å²) in [5.74, 6) is -2.21. The van der Waals surface area contributed by atoms with Gasteiger partial charge in [-0.05, 0) is 33.1 Å². The molecule has 0 aromatic heterocycles. The van der Waals surface area contributed by atoms with Crippen LogP contribution in [-0.2, 0) is 28.6 Å². The number of aliphatic carboxylic acids is 1.